The van der Waals surface area contributed by atoms with Gasteiger partial charge in [-0.3, -0.25) is 0 Å². The van der Waals surface area contributed by atoms with E-state index in [1.54, 1.807) is 17.4 Å². The van der Waals surface area contributed by atoms with E-state index in [0.29, 0.717) is 18.8 Å². The normalized spacial score (nSPS) is 12.4. The van der Waals surface area contributed by atoms with Gasteiger partial charge < -0.3 is 10.5 Å². The Bertz CT molecular complexity index is 573. The van der Waals surface area contributed by atoms with E-state index < -0.39 is 0 Å². The topological polar surface area (TPSA) is 35.2 Å². The first kappa shape index (κ1) is 15.5. The Kier molecular flexibility index (Phi) is 5.57. The quantitative estimate of drug-likeness (QED) is 0.825. The lowest BCUT2D eigenvalue weighted by atomic mass is 10.0. The van der Waals surface area contributed by atoms with E-state index in [4.69, 9.17) is 10.5 Å². The molecule has 2 nitrogen and oxygen atoms in total. The minimum atomic E-state index is -0.332. The third-order valence-corrected chi connectivity index (χ3v) is 4.71. The van der Waals surface area contributed by atoms with Crippen LogP contribution >= 0.6 is 27.3 Å². The number of rotatable bonds is 6. The molecule has 1 aromatic carbocycles. The van der Waals surface area contributed by atoms with Crippen LogP contribution in [-0.2, 0) is 13.0 Å². The van der Waals surface area contributed by atoms with Crippen LogP contribution in [0.15, 0.2) is 34.1 Å². The summed E-state index contributed by atoms with van der Waals surface area (Å²) in [6.07, 6.45) is 1.48. The van der Waals surface area contributed by atoms with Crippen LogP contribution in [0.25, 0.3) is 0 Å². The number of para-hydroxylation sites is 1. The molecule has 2 aromatic rings. The van der Waals surface area contributed by atoms with Crippen molar-refractivity contribution in [1.29, 1.82) is 0 Å². The van der Waals surface area contributed by atoms with Gasteiger partial charge >= 0.3 is 0 Å². The van der Waals surface area contributed by atoms with E-state index in [9.17, 15) is 4.39 Å². The van der Waals surface area contributed by atoms with Gasteiger partial charge in [-0.25, -0.2) is 4.39 Å². The predicted octanol–water partition coefficient (Wildman–Crippen LogP) is 4.51. The molecule has 0 saturated heterocycles. The Morgan fingerprint density at radius 1 is 1.45 bits per heavy atom. The second kappa shape index (κ2) is 7.20. The fraction of sp³-hybridized carbons (Fsp3) is 0.333. The van der Waals surface area contributed by atoms with Crippen LogP contribution in [0, 0.1) is 5.82 Å². The highest BCUT2D eigenvalue weighted by Crippen LogP contribution is 2.27. The van der Waals surface area contributed by atoms with Crippen molar-refractivity contribution in [2.75, 3.05) is 0 Å². The zero-order chi connectivity index (χ0) is 14.5. The van der Waals surface area contributed by atoms with Gasteiger partial charge in [0.25, 0.3) is 0 Å². The fourth-order valence-corrected chi connectivity index (χ4v) is 3.24. The van der Waals surface area contributed by atoms with Gasteiger partial charge in [0.05, 0.1) is 0 Å². The zero-order valence-corrected chi connectivity index (χ0v) is 13.6. The van der Waals surface area contributed by atoms with E-state index >= 15 is 0 Å². The molecule has 1 aromatic heterocycles. The van der Waals surface area contributed by atoms with Gasteiger partial charge in [0.15, 0.2) is 11.6 Å². The number of thiophene rings is 1. The maximum atomic E-state index is 13.9. The summed E-state index contributed by atoms with van der Waals surface area (Å²) in [5.74, 6) is -0.0117. The Morgan fingerprint density at radius 3 is 2.90 bits per heavy atom. The van der Waals surface area contributed by atoms with Crippen molar-refractivity contribution in [3.63, 3.8) is 0 Å². The SMILES string of the molecule is CCC(N)Cc1cccc(F)c1OCc1cc(Br)cs1. The van der Waals surface area contributed by atoms with Crippen LogP contribution in [0.1, 0.15) is 23.8 Å². The summed E-state index contributed by atoms with van der Waals surface area (Å²) >= 11 is 4.97. The minimum absolute atomic E-state index is 0.0232. The molecule has 0 fully saturated rings. The van der Waals surface area contributed by atoms with Gasteiger partial charge in [0.1, 0.15) is 6.61 Å². The lowest BCUT2D eigenvalue weighted by molar-refractivity contribution is 0.289. The predicted molar refractivity (Wildman–Crippen MR) is 84.7 cm³/mol. The average molecular weight is 358 g/mol. The Balaban J connectivity index is 2.12. The molecule has 1 atom stereocenters. The third kappa shape index (κ3) is 4.04. The Labute approximate surface area is 130 Å². The second-order valence-corrected chi connectivity index (χ2v) is 6.53. The summed E-state index contributed by atoms with van der Waals surface area (Å²) in [4.78, 5) is 1.05. The largest absolute Gasteiger partial charge is 0.485 e. The van der Waals surface area contributed by atoms with Crippen molar-refractivity contribution in [2.45, 2.75) is 32.4 Å². The van der Waals surface area contributed by atoms with Crippen LogP contribution in [0.4, 0.5) is 4.39 Å². The molecule has 2 rings (SSSR count). The molecule has 108 valence electrons. The molecule has 1 heterocycles. The first-order chi connectivity index (χ1) is 9.60. The van der Waals surface area contributed by atoms with E-state index in [0.717, 1.165) is 21.3 Å². The molecule has 0 spiro atoms. The second-order valence-electron chi connectivity index (χ2n) is 4.62. The molecule has 0 bridgehead atoms. The van der Waals surface area contributed by atoms with Gasteiger partial charge in [-0.15, -0.1) is 11.3 Å². The van der Waals surface area contributed by atoms with Crippen molar-refractivity contribution < 1.29 is 9.13 Å². The molecule has 2 N–H and O–H groups in total. The third-order valence-electron chi connectivity index (χ3n) is 3.04. The molecule has 0 saturated carbocycles. The molecular weight excluding hydrogens is 341 g/mol. The molecule has 0 aliphatic heterocycles. The highest BCUT2D eigenvalue weighted by Gasteiger charge is 2.13. The highest BCUT2D eigenvalue weighted by atomic mass is 79.9. The van der Waals surface area contributed by atoms with Gasteiger partial charge in [-0.05, 0) is 46.5 Å². The fourth-order valence-electron chi connectivity index (χ4n) is 1.88. The van der Waals surface area contributed by atoms with E-state index in [-0.39, 0.29) is 11.9 Å². The van der Waals surface area contributed by atoms with Crippen molar-refractivity contribution in [3.8, 4) is 5.75 Å². The smallest absolute Gasteiger partial charge is 0.165 e. The standard InChI is InChI=1S/C15H17BrFNOS/c1-2-12(18)6-10-4-3-5-14(17)15(10)19-8-13-7-11(16)9-20-13/h3-5,7,9,12H,2,6,8,18H2,1H3. The molecule has 5 heteroatoms. The molecule has 20 heavy (non-hydrogen) atoms. The summed E-state index contributed by atoms with van der Waals surface area (Å²) in [5, 5.41) is 1.98. The first-order valence-electron chi connectivity index (χ1n) is 6.48. The number of ether oxygens (including phenoxy) is 1. The highest BCUT2D eigenvalue weighted by molar-refractivity contribution is 9.10. The number of hydrogen-bond acceptors (Lipinski definition) is 3. The van der Waals surface area contributed by atoms with Gasteiger partial charge in [0.2, 0.25) is 0 Å². The van der Waals surface area contributed by atoms with E-state index in [1.165, 1.54) is 6.07 Å². The van der Waals surface area contributed by atoms with Crippen LogP contribution < -0.4 is 10.5 Å². The number of benzene rings is 1. The van der Waals surface area contributed by atoms with Crippen molar-refractivity contribution in [2.24, 2.45) is 5.73 Å². The van der Waals surface area contributed by atoms with Crippen LogP contribution in [0.2, 0.25) is 0 Å². The molecule has 0 aliphatic rings. The zero-order valence-electron chi connectivity index (χ0n) is 11.2. The summed E-state index contributed by atoms with van der Waals surface area (Å²) in [7, 11) is 0. The molecule has 0 aliphatic carbocycles. The Hall–Kier alpha value is -0.910. The van der Waals surface area contributed by atoms with E-state index in [2.05, 4.69) is 15.9 Å². The van der Waals surface area contributed by atoms with Gasteiger partial charge in [0, 0.05) is 20.8 Å². The number of hydrogen-bond donors (Lipinski definition) is 1. The van der Waals surface area contributed by atoms with Crippen LogP contribution in [-0.4, -0.2) is 6.04 Å². The summed E-state index contributed by atoms with van der Waals surface area (Å²) in [5.41, 5.74) is 6.78. The summed E-state index contributed by atoms with van der Waals surface area (Å²) in [6.45, 7) is 2.39. The maximum Gasteiger partial charge on any atom is 0.165 e. The average Bonchev–Trinajstić information content (AvgIpc) is 2.83. The number of halogens is 2. The van der Waals surface area contributed by atoms with Crippen molar-refractivity contribution in [3.05, 3.63) is 50.4 Å². The van der Waals surface area contributed by atoms with E-state index in [1.807, 2.05) is 24.4 Å². The van der Waals surface area contributed by atoms with Crippen molar-refractivity contribution >= 4 is 27.3 Å². The lowest BCUT2D eigenvalue weighted by Crippen LogP contribution is -2.21. The molecule has 0 amide bonds. The molecule has 0 radical (unpaired) electrons. The summed E-state index contributed by atoms with van der Waals surface area (Å²) < 4.78 is 20.6. The van der Waals surface area contributed by atoms with Crippen LogP contribution in [0.3, 0.4) is 0 Å². The number of nitrogens with two attached hydrogens (primary N) is 1. The first-order valence-corrected chi connectivity index (χ1v) is 8.16. The van der Waals surface area contributed by atoms with Gasteiger partial charge in [-0.2, -0.15) is 0 Å². The Morgan fingerprint density at radius 2 is 2.25 bits per heavy atom. The lowest BCUT2D eigenvalue weighted by Gasteiger charge is -2.14. The van der Waals surface area contributed by atoms with Crippen LogP contribution in [0.5, 0.6) is 5.75 Å². The maximum absolute atomic E-state index is 13.9. The minimum Gasteiger partial charge on any atom is -0.485 e. The van der Waals surface area contributed by atoms with Gasteiger partial charge in [-0.1, -0.05) is 19.1 Å². The molecule has 1 unspecified atom stereocenters. The van der Waals surface area contributed by atoms with Crippen molar-refractivity contribution in [1.82, 2.24) is 0 Å². The summed E-state index contributed by atoms with van der Waals surface area (Å²) in [6, 6.07) is 6.98. The monoisotopic (exact) mass is 357 g/mol. The molecular formula is C15H17BrFNOS.